The highest BCUT2D eigenvalue weighted by molar-refractivity contribution is 5.98. The fourth-order valence-corrected chi connectivity index (χ4v) is 1.34. The first kappa shape index (κ1) is 14.2. The van der Waals surface area contributed by atoms with E-state index in [1.165, 1.54) is 0 Å². The number of rotatable bonds is 4. The van der Waals surface area contributed by atoms with Crippen LogP contribution in [0, 0.1) is 0 Å². The largest absolute Gasteiger partial charge is 0.350 e. The molecule has 0 saturated carbocycles. The molecule has 1 aromatic carbocycles. The van der Waals surface area contributed by atoms with Gasteiger partial charge in [0.1, 0.15) is 0 Å². The summed E-state index contributed by atoms with van der Waals surface area (Å²) in [7, 11) is 0. The minimum Gasteiger partial charge on any atom is -0.350 e. The lowest BCUT2D eigenvalue weighted by Gasteiger charge is -2.11. The van der Waals surface area contributed by atoms with Crippen molar-refractivity contribution in [3.05, 3.63) is 29.8 Å². The molecule has 98 valence electrons. The lowest BCUT2D eigenvalue weighted by Crippen LogP contribution is -2.33. The van der Waals surface area contributed by atoms with Gasteiger partial charge in [0.05, 0.1) is 6.04 Å². The number of hydrogen-bond acceptors (Lipinski definition) is 3. The van der Waals surface area contributed by atoms with Gasteiger partial charge in [-0.25, -0.2) is 0 Å². The zero-order valence-electron chi connectivity index (χ0n) is 10.9. The molecule has 18 heavy (non-hydrogen) atoms. The van der Waals surface area contributed by atoms with Crippen LogP contribution in [-0.2, 0) is 4.79 Å². The average molecular weight is 249 g/mol. The first-order chi connectivity index (χ1) is 8.40. The van der Waals surface area contributed by atoms with Crippen LogP contribution in [0.15, 0.2) is 24.3 Å². The van der Waals surface area contributed by atoms with Crippen LogP contribution in [-0.4, -0.2) is 23.9 Å². The van der Waals surface area contributed by atoms with Gasteiger partial charge in [-0.1, -0.05) is 6.07 Å². The van der Waals surface area contributed by atoms with Crippen molar-refractivity contribution in [1.82, 2.24) is 5.32 Å². The second-order valence-corrected chi connectivity index (χ2v) is 4.49. The molecule has 0 aliphatic carbocycles. The molecular formula is C13H19N3O2. The summed E-state index contributed by atoms with van der Waals surface area (Å²) >= 11 is 0. The Hall–Kier alpha value is -1.88. The van der Waals surface area contributed by atoms with E-state index in [0.29, 0.717) is 11.3 Å². The number of hydrogen-bond donors (Lipinski definition) is 3. The van der Waals surface area contributed by atoms with E-state index in [-0.39, 0.29) is 17.9 Å². The van der Waals surface area contributed by atoms with Gasteiger partial charge >= 0.3 is 0 Å². The molecule has 0 bridgehead atoms. The van der Waals surface area contributed by atoms with Crippen LogP contribution in [0.25, 0.3) is 0 Å². The molecule has 1 rings (SSSR count). The van der Waals surface area contributed by atoms with E-state index in [0.717, 1.165) is 0 Å². The van der Waals surface area contributed by atoms with Gasteiger partial charge < -0.3 is 16.4 Å². The third-order valence-electron chi connectivity index (χ3n) is 2.23. The van der Waals surface area contributed by atoms with Gasteiger partial charge in [-0.2, -0.15) is 0 Å². The highest BCUT2D eigenvalue weighted by atomic mass is 16.2. The summed E-state index contributed by atoms with van der Waals surface area (Å²) in [5.74, 6) is -0.446. The lowest BCUT2D eigenvalue weighted by molar-refractivity contribution is -0.117. The van der Waals surface area contributed by atoms with Crippen molar-refractivity contribution in [2.24, 2.45) is 5.73 Å². The number of nitrogens with two attached hydrogens (primary N) is 1. The third-order valence-corrected chi connectivity index (χ3v) is 2.23. The molecule has 0 heterocycles. The van der Waals surface area contributed by atoms with Crippen molar-refractivity contribution in [3.63, 3.8) is 0 Å². The monoisotopic (exact) mass is 249 g/mol. The predicted molar refractivity (Wildman–Crippen MR) is 71.3 cm³/mol. The number of carbonyl (C=O) groups is 2. The molecule has 0 unspecified atom stereocenters. The van der Waals surface area contributed by atoms with E-state index in [9.17, 15) is 9.59 Å². The topological polar surface area (TPSA) is 84.2 Å². The SMILES string of the molecule is CC(C)NC(=O)c1cccc(NC(=O)[C@H](C)N)c1. The summed E-state index contributed by atoms with van der Waals surface area (Å²) in [6.45, 7) is 5.38. The Morgan fingerprint density at radius 2 is 1.89 bits per heavy atom. The van der Waals surface area contributed by atoms with Gasteiger partial charge in [-0.05, 0) is 39.0 Å². The molecule has 1 atom stereocenters. The number of benzene rings is 1. The Morgan fingerprint density at radius 1 is 1.22 bits per heavy atom. The van der Waals surface area contributed by atoms with Crippen molar-refractivity contribution in [1.29, 1.82) is 0 Å². The Balaban J connectivity index is 2.79. The second-order valence-electron chi connectivity index (χ2n) is 4.49. The molecular weight excluding hydrogens is 230 g/mol. The summed E-state index contributed by atoms with van der Waals surface area (Å²) in [5, 5.41) is 5.43. The van der Waals surface area contributed by atoms with E-state index in [1.807, 2.05) is 13.8 Å². The van der Waals surface area contributed by atoms with Crippen LogP contribution in [0.2, 0.25) is 0 Å². The normalized spacial score (nSPS) is 12.1. The van der Waals surface area contributed by atoms with E-state index < -0.39 is 6.04 Å². The van der Waals surface area contributed by atoms with Crippen molar-refractivity contribution in [3.8, 4) is 0 Å². The summed E-state index contributed by atoms with van der Waals surface area (Å²) < 4.78 is 0. The predicted octanol–water partition coefficient (Wildman–Crippen LogP) is 1.11. The molecule has 0 aliphatic heterocycles. The first-order valence-electron chi connectivity index (χ1n) is 5.87. The fourth-order valence-electron chi connectivity index (χ4n) is 1.34. The maximum atomic E-state index is 11.8. The van der Waals surface area contributed by atoms with Crippen molar-refractivity contribution < 1.29 is 9.59 Å². The molecule has 0 spiro atoms. The molecule has 5 nitrogen and oxygen atoms in total. The zero-order valence-corrected chi connectivity index (χ0v) is 10.9. The maximum Gasteiger partial charge on any atom is 0.251 e. The van der Waals surface area contributed by atoms with Crippen LogP contribution < -0.4 is 16.4 Å². The molecule has 0 fully saturated rings. The Kier molecular flexibility index (Phi) is 4.85. The molecule has 0 saturated heterocycles. The van der Waals surface area contributed by atoms with E-state index in [2.05, 4.69) is 10.6 Å². The maximum absolute atomic E-state index is 11.8. The second kappa shape index (κ2) is 6.16. The molecule has 0 aliphatic rings. The summed E-state index contributed by atoms with van der Waals surface area (Å²) in [4.78, 5) is 23.2. The van der Waals surface area contributed by atoms with E-state index in [4.69, 9.17) is 5.73 Å². The summed E-state index contributed by atoms with van der Waals surface area (Å²) in [5.41, 5.74) is 6.53. The number of nitrogens with one attached hydrogen (secondary N) is 2. The highest BCUT2D eigenvalue weighted by Gasteiger charge is 2.10. The quantitative estimate of drug-likeness (QED) is 0.747. The third kappa shape index (κ3) is 4.18. The van der Waals surface area contributed by atoms with Crippen molar-refractivity contribution in [2.45, 2.75) is 32.9 Å². The van der Waals surface area contributed by atoms with Crippen molar-refractivity contribution in [2.75, 3.05) is 5.32 Å². The highest BCUT2D eigenvalue weighted by Crippen LogP contribution is 2.11. The Morgan fingerprint density at radius 3 is 2.44 bits per heavy atom. The fraction of sp³-hybridized carbons (Fsp3) is 0.385. The minimum atomic E-state index is -0.585. The Bertz CT molecular complexity index is 442. The number of carbonyl (C=O) groups excluding carboxylic acids is 2. The van der Waals surface area contributed by atoms with Gasteiger partial charge in [0, 0.05) is 17.3 Å². The van der Waals surface area contributed by atoms with Crippen LogP contribution in [0.1, 0.15) is 31.1 Å². The molecule has 4 N–H and O–H groups in total. The van der Waals surface area contributed by atoms with Gasteiger partial charge in [-0.3, -0.25) is 9.59 Å². The average Bonchev–Trinajstić information content (AvgIpc) is 2.28. The molecule has 2 amide bonds. The van der Waals surface area contributed by atoms with Gasteiger partial charge in [0.2, 0.25) is 5.91 Å². The number of amides is 2. The molecule has 5 heteroatoms. The van der Waals surface area contributed by atoms with E-state index >= 15 is 0 Å². The smallest absolute Gasteiger partial charge is 0.251 e. The number of anilines is 1. The van der Waals surface area contributed by atoms with Gasteiger partial charge in [0.15, 0.2) is 0 Å². The van der Waals surface area contributed by atoms with Crippen LogP contribution in [0.3, 0.4) is 0 Å². The molecule has 0 radical (unpaired) electrons. The van der Waals surface area contributed by atoms with Gasteiger partial charge in [0.25, 0.3) is 5.91 Å². The Labute approximate surface area is 107 Å². The first-order valence-corrected chi connectivity index (χ1v) is 5.87. The summed E-state index contributed by atoms with van der Waals surface area (Å²) in [6, 6.07) is 6.23. The minimum absolute atomic E-state index is 0.0693. The van der Waals surface area contributed by atoms with E-state index in [1.54, 1.807) is 31.2 Å². The van der Waals surface area contributed by atoms with Crippen LogP contribution >= 0.6 is 0 Å². The zero-order chi connectivity index (χ0) is 13.7. The summed E-state index contributed by atoms with van der Waals surface area (Å²) in [6.07, 6.45) is 0. The van der Waals surface area contributed by atoms with Crippen LogP contribution in [0.5, 0.6) is 0 Å². The van der Waals surface area contributed by atoms with Crippen molar-refractivity contribution >= 4 is 17.5 Å². The lowest BCUT2D eigenvalue weighted by atomic mass is 10.1. The molecule has 1 aromatic rings. The standard InChI is InChI=1S/C13H19N3O2/c1-8(2)15-13(18)10-5-4-6-11(7-10)16-12(17)9(3)14/h4-9H,14H2,1-3H3,(H,15,18)(H,16,17)/t9-/m0/s1. The van der Waals surface area contributed by atoms with Gasteiger partial charge in [-0.15, -0.1) is 0 Å². The van der Waals surface area contributed by atoms with Crippen LogP contribution in [0.4, 0.5) is 5.69 Å². The molecule has 0 aromatic heterocycles.